The van der Waals surface area contributed by atoms with Gasteiger partial charge >= 0.3 is 0 Å². The molecule has 4 rings (SSSR count). The molecular formula is C23H33N3O2S. The number of hydrogen-bond donors (Lipinski definition) is 1. The summed E-state index contributed by atoms with van der Waals surface area (Å²) in [6, 6.07) is 8.17. The molecule has 158 valence electrons. The average molecular weight is 416 g/mol. The number of benzene rings is 1. The number of morpholine rings is 1. The van der Waals surface area contributed by atoms with Gasteiger partial charge in [-0.2, -0.15) is 0 Å². The van der Waals surface area contributed by atoms with Crippen LogP contribution in [0.4, 0.5) is 0 Å². The van der Waals surface area contributed by atoms with E-state index in [1.54, 1.807) is 11.3 Å². The van der Waals surface area contributed by atoms with Crippen LogP contribution < -0.4 is 10.1 Å². The van der Waals surface area contributed by atoms with Gasteiger partial charge in [-0.1, -0.05) is 37.0 Å². The monoisotopic (exact) mass is 415 g/mol. The van der Waals surface area contributed by atoms with Crippen LogP contribution in [0.15, 0.2) is 29.6 Å². The van der Waals surface area contributed by atoms with Crippen LogP contribution >= 0.6 is 11.3 Å². The number of nitrogens with zero attached hydrogens (tertiary/aromatic N) is 2. The Labute approximate surface area is 178 Å². The Morgan fingerprint density at radius 2 is 1.90 bits per heavy atom. The Balaban J connectivity index is 1.27. The van der Waals surface area contributed by atoms with Gasteiger partial charge in [-0.05, 0) is 31.9 Å². The molecule has 0 atom stereocenters. The molecule has 2 fully saturated rings. The maximum atomic E-state index is 5.86. The molecule has 1 aliphatic carbocycles. The molecule has 5 nitrogen and oxygen atoms in total. The predicted octanol–water partition coefficient (Wildman–Crippen LogP) is 4.16. The van der Waals surface area contributed by atoms with E-state index in [-0.39, 0.29) is 0 Å². The van der Waals surface area contributed by atoms with Crippen LogP contribution in [0.5, 0.6) is 5.75 Å². The largest absolute Gasteiger partial charge is 0.486 e. The van der Waals surface area contributed by atoms with E-state index in [0.29, 0.717) is 12.1 Å². The molecule has 2 heterocycles. The van der Waals surface area contributed by atoms with E-state index < -0.39 is 0 Å². The van der Waals surface area contributed by atoms with Crippen molar-refractivity contribution >= 4 is 11.3 Å². The van der Waals surface area contributed by atoms with E-state index in [1.807, 2.05) is 12.1 Å². The molecule has 1 N–H and O–H groups in total. The summed E-state index contributed by atoms with van der Waals surface area (Å²) in [5.74, 6) is 0.898. The van der Waals surface area contributed by atoms with Crippen LogP contribution in [0.2, 0.25) is 0 Å². The van der Waals surface area contributed by atoms with Crippen LogP contribution in [-0.4, -0.2) is 48.3 Å². The first-order valence-electron chi connectivity index (χ1n) is 10.9. The topological polar surface area (TPSA) is 46.6 Å². The molecule has 0 unspecified atom stereocenters. The smallest absolute Gasteiger partial charge is 0.140 e. The lowest BCUT2D eigenvalue weighted by atomic mass is 9.79. The highest BCUT2D eigenvalue weighted by molar-refractivity contribution is 7.09. The van der Waals surface area contributed by atoms with Gasteiger partial charge in [0.1, 0.15) is 17.4 Å². The first-order valence-corrected chi connectivity index (χ1v) is 11.8. The van der Waals surface area contributed by atoms with Crippen molar-refractivity contribution in [3.8, 4) is 5.75 Å². The van der Waals surface area contributed by atoms with Crippen LogP contribution in [0.3, 0.4) is 0 Å². The molecule has 0 amide bonds. The maximum absolute atomic E-state index is 5.86. The van der Waals surface area contributed by atoms with Gasteiger partial charge in [-0.15, -0.1) is 11.3 Å². The van der Waals surface area contributed by atoms with Crippen molar-refractivity contribution in [1.82, 2.24) is 15.2 Å². The lowest BCUT2D eigenvalue weighted by Crippen LogP contribution is -2.59. The van der Waals surface area contributed by atoms with Crippen molar-refractivity contribution in [2.75, 3.05) is 32.8 Å². The lowest BCUT2D eigenvalue weighted by Gasteiger charge is -2.48. The quantitative estimate of drug-likeness (QED) is 0.702. The summed E-state index contributed by atoms with van der Waals surface area (Å²) in [5, 5.41) is 6.91. The van der Waals surface area contributed by atoms with Crippen molar-refractivity contribution in [3.63, 3.8) is 0 Å². The fraction of sp³-hybridized carbons (Fsp3) is 0.609. The molecule has 0 bridgehead atoms. The van der Waals surface area contributed by atoms with E-state index in [0.717, 1.165) is 55.8 Å². The second-order valence-electron chi connectivity index (χ2n) is 8.32. The lowest BCUT2D eigenvalue weighted by molar-refractivity contribution is -0.0369. The third-order valence-corrected chi connectivity index (χ3v) is 7.08. The van der Waals surface area contributed by atoms with Crippen molar-refractivity contribution in [2.45, 2.75) is 57.7 Å². The maximum Gasteiger partial charge on any atom is 0.140 e. The van der Waals surface area contributed by atoms with Crippen LogP contribution in [0.25, 0.3) is 0 Å². The van der Waals surface area contributed by atoms with Gasteiger partial charge in [-0.25, -0.2) is 4.98 Å². The zero-order valence-electron chi connectivity index (χ0n) is 17.5. The highest BCUT2D eigenvalue weighted by atomic mass is 32.1. The van der Waals surface area contributed by atoms with Gasteiger partial charge < -0.3 is 14.8 Å². The Kier molecular flexibility index (Phi) is 7.19. The summed E-state index contributed by atoms with van der Waals surface area (Å²) in [6.45, 7) is 8.37. The van der Waals surface area contributed by atoms with E-state index in [9.17, 15) is 0 Å². The highest BCUT2D eigenvalue weighted by Gasteiger charge is 2.38. The molecule has 2 aliphatic rings. The van der Waals surface area contributed by atoms with Crippen LogP contribution in [-0.2, 0) is 17.9 Å². The number of aromatic nitrogens is 1. The second-order valence-corrected chi connectivity index (χ2v) is 9.26. The average Bonchev–Trinajstić information content (AvgIpc) is 3.22. The van der Waals surface area contributed by atoms with Gasteiger partial charge in [-0.3, -0.25) is 4.90 Å². The van der Waals surface area contributed by atoms with E-state index in [2.05, 4.69) is 34.7 Å². The Hall–Kier alpha value is -1.47. The minimum atomic E-state index is 0.301. The summed E-state index contributed by atoms with van der Waals surface area (Å²) >= 11 is 1.68. The van der Waals surface area contributed by atoms with Gasteiger partial charge in [0.05, 0.1) is 18.9 Å². The van der Waals surface area contributed by atoms with Crippen molar-refractivity contribution < 1.29 is 9.47 Å². The molecule has 1 aromatic heterocycles. The molecule has 1 aromatic carbocycles. The fourth-order valence-corrected chi connectivity index (χ4v) is 5.26. The summed E-state index contributed by atoms with van der Waals surface area (Å²) in [6.07, 6.45) is 6.66. The molecule has 0 spiro atoms. The molecular weight excluding hydrogens is 382 g/mol. The summed E-state index contributed by atoms with van der Waals surface area (Å²) < 4.78 is 11.5. The number of nitrogens with one attached hydrogen (secondary N) is 1. The normalized spacial score (nSPS) is 19.9. The zero-order valence-corrected chi connectivity index (χ0v) is 18.3. The third-order valence-electron chi connectivity index (χ3n) is 6.21. The number of thiazole rings is 1. The Morgan fingerprint density at radius 3 is 2.66 bits per heavy atom. The van der Waals surface area contributed by atoms with Crippen molar-refractivity contribution in [3.05, 3.63) is 45.9 Å². The van der Waals surface area contributed by atoms with Gasteiger partial charge in [0.25, 0.3) is 0 Å². The molecule has 0 radical (unpaired) electrons. The van der Waals surface area contributed by atoms with Crippen LogP contribution in [0.1, 0.15) is 48.4 Å². The standard InChI is InChI=1S/C23H33N3O2S/c1-19-5-7-21(8-6-19)28-16-22-25-20(17-29-22)15-24-18-23(9-3-2-4-10-23)26-11-13-27-14-12-26/h5-8,17,24H,2-4,9-16,18H2,1H3. The van der Waals surface area contributed by atoms with Gasteiger partial charge in [0.15, 0.2) is 0 Å². The van der Waals surface area contributed by atoms with E-state index >= 15 is 0 Å². The highest BCUT2D eigenvalue weighted by Crippen LogP contribution is 2.34. The molecule has 6 heteroatoms. The van der Waals surface area contributed by atoms with Crippen molar-refractivity contribution in [1.29, 1.82) is 0 Å². The Bertz CT molecular complexity index is 750. The minimum absolute atomic E-state index is 0.301. The molecule has 1 saturated heterocycles. The third kappa shape index (κ3) is 5.57. The van der Waals surface area contributed by atoms with Gasteiger partial charge in [0, 0.05) is 37.1 Å². The first kappa shape index (κ1) is 20.8. The summed E-state index contributed by atoms with van der Waals surface area (Å²) in [5.41, 5.74) is 2.66. The number of rotatable bonds is 8. The second kappa shape index (κ2) is 10.0. The molecule has 2 aromatic rings. The number of aryl methyl sites for hydroxylation is 1. The fourth-order valence-electron chi connectivity index (χ4n) is 4.55. The van der Waals surface area contributed by atoms with E-state index in [1.165, 1.54) is 37.7 Å². The molecule has 1 saturated carbocycles. The zero-order chi connectivity index (χ0) is 19.9. The number of hydrogen-bond acceptors (Lipinski definition) is 6. The van der Waals surface area contributed by atoms with Crippen LogP contribution in [0, 0.1) is 6.92 Å². The predicted molar refractivity (Wildman–Crippen MR) is 118 cm³/mol. The summed E-state index contributed by atoms with van der Waals surface area (Å²) in [7, 11) is 0. The molecule has 29 heavy (non-hydrogen) atoms. The summed E-state index contributed by atoms with van der Waals surface area (Å²) in [4.78, 5) is 7.44. The molecule has 1 aliphatic heterocycles. The van der Waals surface area contributed by atoms with Gasteiger partial charge in [0.2, 0.25) is 0 Å². The van der Waals surface area contributed by atoms with E-state index in [4.69, 9.17) is 14.5 Å². The first-order chi connectivity index (χ1) is 14.2. The Morgan fingerprint density at radius 1 is 1.14 bits per heavy atom. The number of ether oxygens (including phenoxy) is 2. The minimum Gasteiger partial charge on any atom is -0.486 e. The van der Waals surface area contributed by atoms with Crippen molar-refractivity contribution in [2.24, 2.45) is 0 Å². The SMILES string of the molecule is Cc1ccc(OCc2nc(CNCC3(N4CCOCC4)CCCCC3)cs2)cc1.